The fraction of sp³-hybridized carbons (Fsp3) is 0.286. The number of carbonyl (C=O) groups is 2. The monoisotopic (exact) mass is 368 g/mol. The number of halogens is 1. The number of hydrogen-bond donors (Lipinski definition) is 1. The fourth-order valence-corrected chi connectivity index (χ4v) is 2.92. The molecule has 1 amide bonds. The topological polar surface area (TPSA) is 98.5 Å². The molecule has 2 rings (SSSR count). The number of para-hydroxylation sites is 1. The summed E-state index contributed by atoms with van der Waals surface area (Å²) in [6, 6.07) is 6.08. The molecule has 0 fully saturated rings. The van der Waals surface area contributed by atoms with E-state index in [1.165, 1.54) is 19.2 Å². The zero-order valence-corrected chi connectivity index (χ0v) is 13.3. The molecule has 1 unspecified atom stereocenters. The molecular formula is C14H13BrN2O5. The molecule has 1 N–H and O–H groups in total. The van der Waals surface area contributed by atoms with Crippen LogP contribution in [-0.4, -0.2) is 29.2 Å². The molecule has 8 heteroatoms. The van der Waals surface area contributed by atoms with Crippen molar-refractivity contribution in [3.8, 4) is 0 Å². The predicted octanol–water partition coefficient (Wildman–Crippen LogP) is 2.02. The first-order valence-electron chi connectivity index (χ1n) is 6.40. The zero-order valence-electron chi connectivity index (χ0n) is 11.7. The van der Waals surface area contributed by atoms with E-state index in [1.807, 2.05) is 0 Å². The molecule has 0 bridgehead atoms. The number of methoxy groups -OCH3 is 1. The lowest BCUT2D eigenvalue weighted by atomic mass is 9.83. The highest BCUT2D eigenvalue weighted by Gasteiger charge is 2.36. The van der Waals surface area contributed by atoms with Crippen molar-refractivity contribution in [1.29, 1.82) is 0 Å². The number of carbonyl (C=O) groups excluding carboxylic acids is 2. The minimum absolute atomic E-state index is 0.0498. The molecular weight excluding hydrogens is 356 g/mol. The Morgan fingerprint density at radius 2 is 2.18 bits per heavy atom. The second kappa shape index (κ2) is 6.69. The maximum Gasteiger partial charge on any atom is 0.336 e. The number of nitro benzene ring substituents is 1. The Hall–Kier alpha value is -2.22. The minimum Gasteiger partial charge on any atom is -0.466 e. The Balaban J connectivity index is 2.63. The van der Waals surface area contributed by atoms with E-state index in [-0.39, 0.29) is 28.9 Å². The minimum atomic E-state index is -0.713. The second-order valence-electron chi connectivity index (χ2n) is 4.64. The first kappa shape index (κ1) is 16.2. The van der Waals surface area contributed by atoms with Crippen molar-refractivity contribution in [2.45, 2.75) is 12.3 Å². The number of nitrogens with one attached hydrogen (secondary N) is 1. The van der Waals surface area contributed by atoms with Gasteiger partial charge in [0.25, 0.3) is 5.69 Å². The first-order chi connectivity index (χ1) is 10.5. The Kier molecular flexibility index (Phi) is 4.92. The molecule has 1 heterocycles. The lowest BCUT2D eigenvalue weighted by Gasteiger charge is -2.26. The Bertz CT molecular complexity index is 671. The van der Waals surface area contributed by atoms with E-state index in [2.05, 4.69) is 21.2 Å². The van der Waals surface area contributed by atoms with E-state index in [1.54, 1.807) is 12.1 Å². The van der Waals surface area contributed by atoms with Crippen LogP contribution < -0.4 is 5.32 Å². The van der Waals surface area contributed by atoms with Crippen molar-refractivity contribution in [2.75, 3.05) is 12.4 Å². The molecule has 0 saturated heterocycles. The van der Waals surface area contributed by atoms with Crippen LogP contribution in [0.1, 0.15) is 17.9 Å². The summed E-state index contributed by atoms with van der Waals surface area (Å²) < 4.78 is 4.77. The van der Waals surface area contributed by atoms with Crippen LogP contribution in [0.15, 0.2) is 35.5 Å². The van der Waals surface area contributed by atoms with Gasteiger partial charge in [-0.3, -0.25) is 14.9 Å². The molecule has 22 heavy (non-hydrogen) atoms. The smallest absolute Gasteiger partial charge is 0.336 e. The lowest BCUT2D eigenvalue weighted by Crippen LogP contribution is -2.35. The molecule has 7 nitrogen and oxygen atoms in total. The van der Waals surface area contributed by atoms with Gasteiger partial charge in [-0.2, -0.15) is 0 Å². The summed E-state index contributed by atoms with van der Waals surface area (Å²) in [5.41, 5.74) is 0.790. The normalized spacial score (nSPS) is 17.9. The Labute approximate surface area is 134 Å². The number of rotatable bonds is 4. The summed E-state index contributed by atoms with van der Waals surface area (Å²) in [6.07, 6.45) is -0.0498. The SMILES string of the molecule is COC(=O)C1=C(CBr)NC(=O)CC1c1ccccc1[N+](=O)[O-]. The number of esters is 1. The molecule has 1 atom stereocenters. The van der Waals surface area contributed by atoms with Gasteiger partial charge < -0.3 is 10.1 Å². The van der Waals surface area contributed by atoms with Gasteiger partial charge in [0.2, 0.25) is 5.91 Å². The molecule has 1 aromatic rings. The summed E-state index contributed by atoms with van der Waals surface area (Å²) in [5.74, 6) is -1.63. The standard InChI is InChI=1S/C14H13BrN2O5/c1-22-14(19)13-9(6-12(18)16-10(13)7-15)8-4-2-3-5-11(8)17(20)21/h2-5,9H,6-7H2,1H3,(H,16,18). The van der Waals surface area contributed by atoms with Gasteiger partial charge in [0.1, 0.15) is 0 Å². The number of benzene rings is 1. The van der Waals surface area contributed by atoms with Crippen molar-refractivity contribution in [3.05, 3.63) is 51.2 Å². The molecule has 0 aliphatic carbocycles. The molecule has 0 spiro atoms. The van der Waals surface area contributed by atoms with E-state index in [0.717, 1.165) is 0 Å². The molecule has 0 aromatic heterocycles. The van der Waals surface area contributed by atoms with Crippen LogP contribution in [-0.2, 0) is 14.3 Å². The van der Waals surface area contributed by atoms with Crippen LogP contribution in [0, 0.1) is 10.1 Å². The lowest BCUT2D eigenvalue weighted by molar-refractivity contribution is -0.385. The average molecular weight is 369 g/mol. The molecule has 1 aliphatic rings. The summed E-state index contributed by atoms with van der Waals surface area (Å²) >= 11 is 3.21. The van der Waals surface area contributed by atoms with Crippen molar-refractivity contribution >= 4 is 33.5 Å². The number of nitrogens with zero attached hydrogens (tertiary/aromatic N) is 1. The third-order valence-electron chi connectivity index (χ3n) is 3.40. The van der Waals surface area contributed by atoms with E-state index >= 15 is 0 Å². The van der Waals surface area contributed by atoms with Gasteiger partial charge >= 0.3 is 5.97 Å². The number of nitro groups is 1. The third kappa shape index (κ3) is 3.01. The Morgan fingerprint density at radius 1 is 1.50 bits per heavy atom. The second-order valence-corrected chi connectivity index (χ2v) is 5.20. The average Bonchev–Trinajstić information content (AvgIpc) is 2.53. The van der Waals surface area contributed by atoms with Gasteiger partial charge in [0, 0.05) is 35.0 Å². The number of amides is 1. The van der Waals surface area contributed by atoms with Crippen molar-refractivity contribution in [3.63, 3.8) is 0 Å². The fourth-order valence-electron chi connectivity index (χ4n) is 2.48. The van der Waals surface area contributed by atoms with Crippen molar-refractivity contribution in [1.82, 2.24) is 5.32 Å². The summed E-state index contributed by atoms with van der Waals surface area (Å²) in [5, 5.41) is 14.0. The van der Waals surface area contributed by atoms with Gasteiger partial charge in [0.05, 0.1) is 17.6 Å². The molecule has 0 saturated carbocycles. The molecule has 116 valence electrons. The zero-order chi connectivity index (χ0) is 16.3. The van der Waals surface area contributed by atoms with E-state index in [4.69, 9.17) is 4.74 Å². The van der Waals surface area contributed by atoms with Crippen LogP contribution in [0.25, 0.3) is 0 Å². The molecule has 0 radical (unpaired) electrons. The Morgan fingerprint density at radius 3 is 2.77 bits per heavy atom. The van der Waals surface area contributed by atoms with Crippen LogP contribution in [0.2, 0.25) is 0 Å². The van der Waals surface area contributed by atoms with Crippen molar-refractivity contribution < 1.29 is 19.2 Å². The summed E-state index contributed by atoms with van der Waals surface area (Å²) in [4.78, 5) is 34.6. The number of allylic oxidation sites excluding steroid dienone is 1. The maximum absolute atomic E-state index is 12.1. The van der Waals surface area contributed by atoms with E-state index < -0.39 is 16.8 Å². The van der Waals surface area contributed by atoms with E-state index in [9.17, 15) is 19.7 Å². The molecule has 1 aromatic carbocycles. The van der Waals surface area contributed by atoms with Crippen LogP contribution >= 0.6 is 15.9 Å². The van der Waals surface area contributed by atoms with Gasteiger partial charge in [-0.1, -0.05) is 34.1 Å². The largest absolute Gasteiger partial charge is 0.466 e. The highest BCUT2D eigenvalue weighted by molar-refractivity contribution is 9.09. The summed E-state index contributed by atoms with van der Waals surface area (Å²) in [7, 11) is 1.23. The summed E-state index contributed by atoms with van der Waals surface area (Å²) in [6.45, 7) is 0. The predicted molar refractivity (Wildman–Crippen MR) is 81.4 cm³/mol. The van der Waals surface area contributed by atoms with Gasteiger partial charge in [-0.25, -0.2) is 4.79 Å². The number of hydrogen-bond acceptors (Lipinski definition) is 5. The van der Waals surface area contributed by atoms with Gasteiger partial charge in [0.15, 0.2) is 0 Å². The quantitative estimate of drug-likeness (QED) is 0.379. The first-order valence-corrected chi connectivity index (χ1v) is 7.52. The van der Waals surface area contributed by atoms with Gasteiger partial charge in [-0.05, 0) is 0 Å². The number of ether oxygens (including phenoxy) is 1. The van der Waals surface area contributed by atoms with Gasteiger partial charge in [-0.15, -0.1) is 0 Å². The highest BCUT2D eigenvalue weighted by atomic mass is 79.9. The number of alkyl halides is 1. The van der Waals surface area contributed by atoms with Crippen molar-refractivity contribution in [2.24, 2.45) is 0 Å². The third-order valence-corrected chi connectivity index (χ3v) is 3.96. The van der Waals surface area contributed by atoms with Crippen LogP contribution in [0.5, 0.6) is 0 Å². The van der Waals surface area contributed by atoms with Crippen LogP contribution in [0.3, 0.4) is 0 Å². The highest BCUT2D eigenvalue weighted by Crippen LogP contribution is 2.38. The maximum atomic E-state index is 12.1. The van der Waals surface area contributed by atoms with Crippen LogP contribution in [0.4, 0.5) is 5.69 Å². The van der Waals surface area contributed by atoms with E-state index in [0.29, 0.717) is 11.3 Å². The molecule has 1 aliphatic heterocycles.